The van der Waals surface area contributed by atoms with Crippen LogP contribution in [-0.2, 0) is 19.4 Å². The Balaban J connectivity index is 2.54. The molecule has 20 heavy (non-hydrogen) atoms. The van der Waals surface area contributed by atoms with Crippen LogP contribution in [0.5, 0.6) is 0 Å². The Morgan fingerprint density at radius 2 is 1.75 bits per heavy atom. The fraction of sp³-hybridized carbons (Fsp3) is 0.400. The van der Waals surface area contributed by atoms with Crippen LogP contribution in [0.2, 0.25) is 0 Å². The van der Waals surface area contributed by atoms with Crippen LogP contribution in [0.25, 0.3) is 5.69 Å². The smallest absolute Gasteiger partial charge is 0.152 e. The van der Waals surface area contributed by atoms with Gasteiger partial charge in [0, 0.05) is 12.2 Å². The van der Waals surface area contributed by atoms with Crippen molar-refractivity contribution in [2.75, 3.05) is 7.05 Å². The summed E-state index contributed by atoms with van der Waals surface area (Å²) in [4.78, 5) is 0. The summed E-state index contributed by atoms with van der Waals surface area (Å²) in [5.41, 5.74) is 2.12. The van der Waals surface area contributed by atoms with Gasteiger partial charge in [-0.25, -0.2) is 13.5 Å². The van der Waals surface area contributed by atoms with Crippen molar-refractivity contribution in [2.24, 2.45) is 0 Å². The molecule has 1 heterocycles. The normalized spacial score (nSPS) is 11.1. The number of aromatic nitrogens is 2. The molecule has 1 aromatic heterocycles. The second kappa shape index (κ2) is 6.13. The lowest BCUT2D eigenvalue weighted by Gasteiger charge is -2.10. The van der Waals surface area contributed by atoms with Gasteiger partial charge in [-0.2, -0.15) is 5.10 Å². The van der Waals surface area contributed by atoms with E-state index < -0.39 is 11.6 Å². The van der Waals surface area contributed by atoms with Gasteiger partial charge in [-0.1, -0.05) is 13.8 Å². The van der Waals surface area contributed by atoms with Crippen molar-refractivity contribution in [3.05, 3.63) is 46.8 Å². The predicted octanol–water partition coefficient (Wildman–Crippen LogP) is 2.99. The Bertz CT molecular complexity index is 582. The molecule has 0 aliphatic heterocycles. The van der Waals surface area contributed by atoms with E-state index in [9.17, 15) is 8.78 Å². The standard InChI is InChI=1S/C15H19F2N3/c1-4-11-8-12(5-2)20(19-11)15-13(16)6-10(9-18-3)7-14(15)17/h6-8,18H,4-5,9H2,1-3H3. The van der Waals surface area contributed by atoms with Crippen molar-refractivity contribution in [1.29, 1.82) is 0 Å². The SMILES string of the molecule is CCc1cc(CC)n(-c2c(F)cc(CNC)cc2F)n1. The van der Waals surface area contributed by atoms with Crippen molar-refractivity contribution < 1.29 is 8.78 Å². The maximum absolute atomic E-state index is 14.2. The van der Waals surface area contributed by atoms with Gasteiger partial charge in [0.05, 0.1) is 5.69 Å². The van der Waals surface area contributed by atoms with E-state index in [1.165, 1.54) is 16.8 Å². The van der Waals surface area contributed by atoms with Gasteiger partial charge in [0.2, 0.25) is 0 Å². The van der Waals surface area contributed by atoms with Gasteiger partial charge in [-0.3, -0.25) is 0 Å². The van der Waals surface area contributed by atoms with Crippen LogP contribution in [0.3, 0.4) is 0 Å². The van der Waals surface area contributed by atoms with Gasteiger partial charge in [0.15, 0.2) is 11.6 Å². The topological polar surface area (TPSA) is 29.9 Å². The second-order valence-electron chi connectivity index (χ2n) is 4.68. The Hall–Kier alpha value is -1.75. The third kappa shape index (κ3) is 2.72. The first kappa shape index (κ1) is 14.7. The highest BCUT2D eigenvalue weighted by atomic mass is 19.1. The van der Waals surface area contributed by atoms with Crippen LogP contribution in [0.4, 0.5) is 8.78 Å². The number of halogens is 2. The van der Waals surface area contributed by atoms with E-state index in [4.69, 9.17) is 0 Å². The molecule has 0 radical (unpaired) electrons. The van der Waals surface area contributed by atoms with Crippen LogP contribution in [-0.4, -0.2) is 16.8 Å². The molecule has 0 saturated carbocycles. The molecule has 0 amide bonds. The zero-order valence-electron chi connectivity index (χ0n) is 12.0. The van der Waals surface area contributed by atoms with E-state index in [2.05, 4.69) is 10.4 Å². The summed E-state index contributed by atoms with van der Waals surface area (Å²) in [5.74, 6) is -1.17. The van der Waals surface area contributed by atoms with E-state index >= 15 is 0 Å². The van der Waals surface area contributed by atoms with Crippen molar-refractivity contribution in [3.8, 4) is 5.69 Å². The third-order valence-electron chi connectivity index (χ3n) is 3.23. The van der Waals surface area contributed by atoms with Crippen molar-refractivity contribution in [3.63, 3.8) is 0 Å². The summed E-state index contributed by atoms with van der Waals surface area (Å²) < 4.78 is 29.8. The van der Waals surface area contributed by atoms with Gasteiger partial charge in [-0.15, -0.1) is 0 Å². The molecule has 5 heteroatoms. The van der Waals surface area contributed by atoms with Crippen LogP contribution in [0.1, 0.15) is 30.8 Å². The van der Waals surface area contributed by atoms with E-state index in [-0.39, 0.29) is 5.69 Å². The van der Waals surface area contributed by atoms with Gasteiger partial charge >= 0.3 is 0 Å². The minimum absolute atomic E-state index is 0.0959. The third-order valence-corrected chi connectivity index (χ3v) is 3.23. The van der Waals surface area contributed by atoms with Crippen molar-refractivity contribution in [1.82, 2.24) is 15.1 Å². The number of benzene rings is 1. The second-order valence-corrected chi connectivity index (χ2v) is 4.68. The van der Waals surface area contributed by atoms with Crippen LogP contribution >= 0.6 is 0 Å². The highest BCUT2D eigenvalue weighted by Crippen LogP contribution is 2.22. The summed E-state index contributed by atoms with van der Waals surface area (Å²) in [7, 11) is 1.74. The van der Waals surface area contributed by atoms with Gasteiger partial charge in [0.25, 0.3) is 0 Å². The van der Waals surface area contributed by atoms with Crippen LogP contribution < -0.4 is 5.32 Å². The summed E-state index contributed by atoms with van der Waals surface area (Å²) >= 11 is 0. The molecule has 1 aromatic carbocycles. The maximum Gasteiger partial charge on any atom is 0.152 e. The van der Waals surface area contributed by atoms with E-state index in [0.29, 0.717) is 18.5 Å². The minimum Gasteiger partial charge on any atom is -0.316 e. The number of hydrogen-bond acceptors (Lipinski definition) is 2. The molecule has 3 nitrogen and oxygen atoms in total. The predicted molar refractivity (Wildman–Crippen MR) is 75.0 cm³/mol. The molecule has 0 spiro atoms. The van der Waals surface area contributed by atoms with Crippen LogP contribution in [0.15, 0.2) is 18.2 Å². The number of nitrogens with one attached hydrogen (secondary N) is 1. The summed E-state index contributed by atoms with van der Waals surface area (Å²) in [6, 6.07) is 4.59. The van der Waals surface area contributed by atoms with Crippen molar-refractivity contribution >= 4 is 0 Å². The lowest BCUT2D eigenvalue weighted by molar-refractivity contribution is 0.550. The number of aryl methyl sites for hydroxylation is 2. The Morgan fingerprint density at radius 1 is 1.10 bits per heavy atom. The zero-order chi connectivity index (χ0) is 14.7. The Labute approximate surface area is 117 Å². The van der Waals surface area contributed by atoms with Gasteiger partial charge < -0.3 is 5.32 Å². The minimum atomic E-state index is -0.587. The summed E-state index contributed by atoms with van der Waals surface area (Å²) in [5, 5.41) is 7.17. The largest absolute Gasteiger partial charge is 0.316 e. The molecular formula is C15H19F2N3. The monoisotopic (exact) mass is 279 g/mol. The van der Waals surface area contributed by atoms with E-state index in [0.717, 1.165) is 17.8 Å². The molecule has 0 aliphatic rings. The molecule has 0 bridgehead atoms. The number of hydrogen-bond donors (Lipinski definition) is 1. The van der Waals surface area contributed by atoms with E-state index in [1.807, 2.05) is 19.9 Å². The van der Waals surface area contributed by atoms with Crippen LogP contribution in [0, 0.1) is 11.6 Å². The molecule has 2 rings (SSSR count). The first-order valence-electron chi connectivity index (χ1n) is 6.81. The molecule has 0 saturated heterocycles. The molecule has 0 fully saturated rings. The number of rotatable bonds is 5. The number of nitrogens with zero attached hydrogens (tertiary/aromatic N) is 2. The fourth-order valence-corrected chi connectivity index (χ4v) is 2.22. The molecule has 1 N–H and O–H groups in total. The van der Waals surface area contributed by atoms with Crippen molar-refractivity contribution in [2.45, 2.75) is 33.2 Å². The average Bonchev–Trinajstić information content (AvgIpc) is 2.81. The quantitative estimate of drug-likeness (QED) is 0.912. The first-order chi connectivity index (χ1) is 9.60. The van der Waals surface area contributed by atoms with Gasteiger partial charge in [0.1, 0.15) is 5.69 Å². The van der Waals surface area contributed by atoms with E-state index in [1.54, 1.807) is 7.05 Å². The Kier molecular flexibility index (Phi) is 4.49. The maximum atomic E-state index is 14.2. The first-order valence-corrected chi connectivity index (χ1v) is 6.81. The zero-order valence-corrected chi connectivity index (χ0v) is 12.0. The molecule has 108 valence electrons. The highest BCUT2D eigenvalue weighted by molar-refractivity contribution is 5.39. The molecule has 0 unspecified atom stereocenters. The highest BCUT2D eigenvalue weighted by Gasteiger charge is 2.17. The lowest BCUT2D eigenvalue weighted by atomic mass is 10.1. The lowest BCUT2D eigenvalue weighted by Crippen LogP contribution is -2.10. The van der Waals surface area contributed by atoms with Gasteiger partial charge in [-0.05, 0) is 43.7 Å². The Morgan fingerprint density at radius 3 is 2.25 bits per heavy atom. The summed E-state index contributed by atoms with van der Waals surface area (Å²) in [6.07, 6.45) is 1.41. The fourth-order valence-electron chi connectivity index (χ4n) is 2.22. The summed E-state index contributed by atoms with van der Waals surface area (Å²) in [6.45, 7) is 4.33. The molecule has 0 aliphatic carbocycles. The molecule has 2 aromatic rings. The molecular weight excluding hydrogens is 260 g/mol. The average molecular weight is 279 g/mol. The molecule has 0 atom stereocenters.